The zero-order valence-electron chi connectivity index (χ0n) is 3.19. The minimum absolute atomic E-state index is 0.753. The van der Waals surface area contributed by atoms with Crippen LogP contribution in [0.3, 0.4) is 0 Å². The van der Waals surface area contributed by atoms with E-state index in [1.807, 2.05) is 0 Å². The summed E-state index contributed by atoms with van der Waals surface area (Å²) in [6, 6.07) is 0. The molecule has 6 heavy (non-hydrogen) atoms. The summed E-state index contributed by atoms with van der Waals surface area (Å²) >= 11 is 0. The summed E-state index contributed by atoms with van der Waals surface area (Å²) in [5.74, 6) is 0. The van der Waals surface area contributed by atoms with E-state index in [9.17, 15) is 9.28 Å². The van der Waals surface area contributed by atoms with Gasteiger partial charge < -0.3 is 4.74 Å². The Morgan fingerprint density at radius 3 is 2.50 bits per heavy atom. The van der Waals surface area contributed by atoms with Gasteiger partial charge in [0, 0.05) is 0 Å². The second-order valence-corrected chi connectivity index (χ2v) is 0.586. The molecule has 4 heteroatoms. The summed E-state index contributed by atoms with van der Waals surface area (Å²) in [5, 5.41) is 0. The van der Waals surface area contributed by atoms with Crippen molar-refractivity contribution < 1.29 is 14.0 Å². The Labute approximate surface area is 34.0 Å². The molecule has 0 rings (SSSR count). The summed E-state index contributed by atoms with van der Waals surface area (Å²) in [6.45, 7) is 0. The third-order valence-corrected chi connectivity index (χ3v) is 0.263. The lowest BCUT2D eigenvalue weighted by Crippen LogP contribution is -2.11. The summed E-state index contributed by atoms with van der Waals surface area (Å²) in [4.78, 5) is 9.47. The molecule has 0 unspecified atom stereocenters. The molecule has 0 aromatic rings. The third-order valence-electron chi connectivity index (χ3n) is 0.263. The monoisotopic (exact) mass is 93.0 g/mol. The molecule has 0 saturated heterocycles. The normalized spacial score (nSPS) is 7.00. The maximum atomic E-state index is 10.7. The molecule has 0 heterocycles. The van der Waals surface area contributed by atoms with E-state index >= 15 is 0 Å². The van der Waals surface area contributed by atoms with Crippen LogP contribution in [0, 0.1) is 0 Å². The fourth-order valence-electron chi connectivity index (χ4n) is 0.0386. The molecule has 0 saturated carbocycles. The molecule has 0 fully saturated rings. The number of methoxy groups -OCH3 is 1. The number of rotatable bonds is 0. The van der Waals surface area contributed by atoms with E-state index in [1.54, 1.807) is 0 Å². The van der Waals surface area contributed by atoms with Crippen molar-refractivity contribution in [3.05, 3.63) is 0 Å². The van der Waals surface area contributed by atoms with Gasteiger partial charge in [-0.3, -0.25) is 0 Å². The lowest BCUT2D eigenvalue weighted by molar-refractivity contribution is 0.146. The molecule has 0 aromatic heterocycles. The fraction of sp³-hybridized carbons (Fsp3) is 0.500. The Balaban J connectivity index is 2.99. The highest BCUT2D eigenvalue weighted by Gasteiger charge is 1.89. The standard InChI is InChI=1S/C2H4FNO2/c1-6-2(5)4-3/h1H3,(H,4,5). The van der Waals surface area contributed by atoms with Crippen molar-refractivity contribution >= 4 is 6.09 Å². The van der Waals surface area contributed by atoms with Crippen LogP contribution >= 0.6 is 0 Å². The highest BCUT2D eigenvalue weighted by Crippen LogP contribution is 1.65. The van der Waals surface area contributed by atoms with Crippen molar-refractivity contribution in [2.75, 3.05) is 7.11 Å². The first kappa shape index (κ1) is 5.20. The Kier molecular flexibility index (Phi) is 2.11. The minimum Gasteiger partial charge on any atom is -0.451 e. The van der Waals surface area contributed by atoms with Crippen LogP contribution in [-0.2, 0) is 4.74 Å². The van der Waals surface area contributed by atoms with Crippen LogP contribution < -0.4 is 5.54 Å². The Hall–Kier alpha value is -0.800. The first-order chi connectivity index (χ1) is 2.81. The van der Waals surface area contributed by atoms with E-state index in [0.717, 1.165) is 12.6 Å². The zero-order chi connectivity index (χ0) is 4.99. The average Bonchev–Trinajstić information content (AvgIpc) is 1.65. The lowest BCUT2D eigenvalue weighted by Gasteiger charge is -1.86. The van der Waals surface area contributed by atoms with Crippen molar-refractivity contribution in [2.24, 2.45) is 0 Å². The number of hydrogen-bond acceptors (Lipinski definition) is 2. The molecular weight excluding hydrogens is 89.0 g/mol. The Morgan fingerprint density at radius 2 is 2.50 bits per heavy atom. The van der Waals surface area contributed by atoms with Gasteiger partial charge in [-0.1, -0.05) is 4.48 Å². The zero-order valence-corrected chi connectivity index (χ0v) is 3.19. The molecule has 0 spiro atoms. The molecule has 0 aliphatic heterocycles. The number of ether oxygens (including phenoxy) is 1. The first-order valence-electron chi connectivity index (χ1n) is 1.26. The van der Waals surface area contributed by atoms with Crippen molar-refractivity contribution in [3.63, 3.8) is 0 Å². The molecule has 1 amide bonds. The van der Waals surface area contributed by atoms with Crippen molar-refractivity contribution in [1.29, 1.82) is 0 Å². The highest BCUT2D eigenvalue weighted by atomic mass is 19.2. The molecule has 36 valence electrons. The molecule has 3 nitrogen and oxygen atoms in total. The van der Waals surface area contributed by atoms with Crippen LogP contribution in [0.25, 0.3) is 0 Å². The molecule has 0 radical (unpaired) electrons. The first-order valence-corrected chi connectivity index (χ1v) is 1.26. The van der Waals surface area contributed by atoms with E-state index in [-0.39, 0.29) is 0 Å². The topological polar surface area (TPSA) is 38.3 Å². The van der Waals surface area contributed by atoms with Gasteiger partial charge in [0.2, 0.25) is 0 Å². The van der Waals surface area contributed by atoms with Gasteiger partial charge in [-0.2, -0.15) is 5.54 Å². The van der Waals surface area contributed by atoms with Crippen molar-refractivity contribution in [3.8, 4) is 0 Å². The Morgan fingerprint density at radius 1 is 2.00 bits per heavy atom. The number of halogens is 1. The lowest BCUT2D eigenvalue weighted by atomic mass is 11.2. The summed E-state index contributed by atoms with van der Waals surface area (Å²) in [7, 11) is 1.08. The predicted octanol–water partition coefficient (Wildman–Crippen LogP) is 0.227. The summed E-state index contributed by atoms with van der Waals surface area (Å²) < 4.78 is 14.4. The van der Waals surface area contributed by atoms with Gasteiger partial charge in [0.25, 0.3) is 0 Å². The molecule has 0 bridgehead atoms. The predicted molar refractivity (Wildman–Crippen MR) is 16.6 cm³/mol. The maximum absolute atomic E-state index is 10.7. The SMILES string of the molecule is COC(=O)NF. The van der Waals surface area contributed by atoms with Crippen LogP contribution in [0.15, 0.2) is 0 Å². The van der Waals surface area contributed by atoms with Crippen LogP contribution in [0.2, 0.25) is 0 Å². The van der Waals surface area contributed by atoms with Gasteiger partial charge in [0.1, 0.15) is 0 Å². The second-order valence-electron chi connectivity index (χ2n) is 0.586. The van der Waals surface area contributed by atoms with Crippen molar-refractivity contribution in [1.82, 2.24) is 5.54 Å². The molecule has 0 aromatic carbocycles. The molecule has 0 aliphatic carbocycles. The van der Waals surface area contributed by atoms with Gasteiger partial charge >= 0.3 is 6.09 Å². The number of carbonyl (C=O) groups is 1. The maximum Gasteiger partial charge on any atom is 0.435 e. The van der Waals surface area contributed by atoms with Crippen LogP contribution in [0.4, 0.5) is 9.28 Å². The summed E-state index contributed by atoms with van der Waals surface area (Å²) in [6.07, 6.45) is -1.07. The Bertz CT molecular complexity index is 49.5. The van der Waals surface area contributed by atoms with Crippen LogP contribution in [0.5, 0.6) is 0 Å². The fourth-order valence-corrected chi connectivity index (χ4v) is 0.0386. The average molecular weight is 93.1 g/mol. The molecular formula is C2H4FNO2. The van der Waals surface area contributed by atoms with Gasteiger partial charge in [-0.05, 0) is 0 Å². The van der Waals surface area contributed by atoms with Gasteiger partial charge in [-0.15, -0.1) is 0 Å². The van der Waals surface area contributed by atoms with Gasteiger partial charge in [0.05, 0.1) is 7.11 Å². The quantitative estimate of drug-likeness (QED) is 0.435. The number of amides is 1. The molecule has 0 atom stereocenters. The number of carbonyl (C=O) groups excluding carboxylic acids is 1. The van der Waals surface area contributed by atoms with E-state index in [1.165, 1.54) is 0 Å². The summed E-state index contributed by atoms with van der Waals surface area (Å²) in [5.41, 5.74) is 0.753. The minimum atomic E-state index is -1.07. The number of hydrogen-bond donors (Lipinski definition) is 1. The van der Waals surface area contributed by atoms with Crippen LogP contribution in [0.1, 0.15) is 0 Å². The largest absolute Gasteiger partial charge is 0.451 e. The number of nitrogens with one attached hydrogen (secondary N) is 1. The van der Waals surface area contributed by atoms with Gasteiger partial charge in [-0.25, -0.2) is 4.79 Å². The molecule has 1 N–H and O–H groups in total. The van der Waals surface area contributed by atoms with E-state index in [4.69, 9.17) is 0 Å². The smallest absolute Gasteiger partial charge is 0.435 e. The molecule has 0 aliphatic rings. The highest BCUT2D eigenvalue weighted by molar-refractivity contribution is 5.65. The second kappa shape index (κ2) is 2.44. The van der Waals surface area contributed by atoms with E-state index in [0.29, 0.717) is 0 Å². The van der Waals surface area contributed by atoms with Crippen LogP contribution in [-0.4, -0.2) is 13.2 Å². The van der Waals surface area contributed by atoms with Crippen molar-refractivity contribution in [2.45, 2.75) is 0 Å². The van der Waals surface area contributed by atoms with E-state index in [2.05, 4.69) is 4.74 Å². The third kappa shape index (κ3) is 1.51. The van der Waals surface area contributed by atoms with E-state index < -0.39 is 6.09 Å². The van der Waals surface area contributed by atoms with Gasteiger partial charge in [0.15, 0.2) is 0 Å².